The molecule has 3 aromatic rings. The molecule has 0 fully saturated rings. The quantitative estimate of drug-likeness (QED) is 0.531. The maximum Gasteiger partial charge on any atom is 0.410 e. The molecule has 3 heterocycles. The number of carbonyl (C=O) groups is 1. The molecule has 7 nitrogen and oxygen atoms in total. The van der Waals surface area contributed by atoms with Gasteiger partial charge in [0.1, 0.15) is 17.2 Å². The Kier molecular flexibility index (Phi) is 6.21. The van der Waals surface area contributed by atoms with E-state index in [0.717, 1.165) is 16.8 Å². The average molecular weight is 470 g/mol. The first-order chi connectivity index (χ1) is 15.6. The molecule has 0 radical (unpaired) electrons. The number of hydrogen-bond acceptors (Lipinski definition) is 6. The van der Waals surface area contributed by atoms with Gasteiger partial charge in [0.2, 0.25) is 0 Å². The zero-order valence-electron chi connectivity index (χ0n) is 18.9. The number of amides is 1. The summed E-state index contributed by atoms with van der Waals surface area (Å²) in [5.74, 6) is 0.270. The van der Waals surface area contributed by atoms with Crippen LogP contribution in [0.1, 0.15) is 37.6 Å². The standard InChI is InChI=1S/C24H25ClFN5O2/c1-14-12-27-9-7-19(14)28-21-16-8-10-31(23(32)33-24(2,3)4)13-20(16)29-22(30-21)17-11-15(25)5-6-18(17)26/h5-7,9,11-12H,8,10,13H2,1-4H3,(H,27,28,29,30). The second kappa shape index (κ2) is 8.94. The van der Waals surface area contributed by atoms with Crippen molar-refractivity contribution >= 4 is 29.2 Å². The fourth-order valence-corrected chi connectivity index (χ4v) is 3.72. The summed E-state index contributed by atoms with van der Waals surface area (Å²) in [6, 6.07) is 6.10. The van der Waals surface area contributed by atoms with E-state index >= 15 is 0 Å². The molecule has 1 aliphatic rings. The minimum atomic E-state index is -0.607. The number of pyridine rings is 1. The molecule has 0 aliphatic carbocycles. The third-order valence-electron chi connectivity index (χ3n) is 5.16. The van der Waals surface area contributed by atoms with E-state index in [1.807, 2.05) is 33.8 Å². The Hall–Kier alpha value is -3.26. The molecule has 1 N–H and O–H groups in total. The number of aryl methyl sites for hydroxylation is 1. The molecule has 1 amide bonds. The third-order valence-corrected chi connectivity index (χ3v) is 5.39. The Morgan fingerprint density at radius 3 is 2.76 bits per heavy atom. The number of fused-ring (bicyclic) bond motifs is 1. The van der Waals surface area contributed by atoms with Crippen LogP contribution >= 0.6 is 11.6 Å². The molecule has 0 spiro atoms. The van der Waals surface area contributed by atoms with Crippen molar-refractivity contribution in [2.45, 2.75) is 46.3 Å². The monoisotopic (exact) mass is 469 g/mol. The second-order valence-electron chi connectivity index (χ2n) is 8.91. The molecular weight excluding hydrogens is 445 g/mol. The maximum atomic E-state index is 14.6. The predicted octanol–water partition coefficient (Wildman–Crippen LogP) is 5.68. The Bertz CT molecular complexity index is 1210. The summed E-state index contributed by atoms with van der Waals surface area (Å²) < 4.78 is 20.2. The van der Waals surface area contributed by atoms with Crippen LogP contribution in [0.3, 0.4) is 0 Å². The summed E-state index contributed by atoms with van der Waals surface area (Å²) in [5.41, 5.74) is 2.85. The van der Waals surface area contributed by atoms with Gasteiger partial charge in [-0.1, -0.05) is 11.6 Å². The van der Waals surface area contributed by atoms with Gasteiger partial charge in [-0.15, -0.1) is 0 Å². The Morgan fingerprint density at radius 1 is 1.24 bits per heavy atom. The van der Waals surface area contributed by atoms with Crippen LogP contribution in [0.4, 0.5) is 20.7 Å². The van der Waals surface area contributed by atoms with E-state index in [2.05, 4.69) is 20.3 Å². The zero-order valence-corrected chi connectivity index (χ0v) is 19.7. The molecule has 1 aromatic carbocycles. The number of ether oxygens (including phenoxy) is 1. The number of aromatic nitrogens is 3. The molecule has 4 rings (SSSR count). The van der Waals surface area contributed by atoms with Crippen LogP contribution < -0.4 is 5.32 Å². The van der Waals surface area contributed by atoms with Gasteiger partial charge < -0.3 is 15.0 Å². The molecular formula is C24H25ClFN5O2. The Morgan fingerprint density at radius 2 is 2.03 bits per heavy atom. The Balaban J connectivity index is 1.77. The van der Waals surface area contributed by atoms with Gasteiger partial charge >= 0.3 is 6.09 Å². The van der Waals surface area contributed by atoms with E-state index in [1.54, 1.807) is 17.3 Å². The van der Waals surface area contributed by atoms with Gasteiger partial charge in [-0.05, 0) is 63.9 Å². The summed E-state index contributed by atoms with van der Waals surface area (Å²) >= 11 is 6.11. The van der Waals surface area contributed by atoms with Crippen LogP contribution in [0.5, 0.6) is 0 Å². The van der Waals surface area contributed by atoms with Crippen LogP contribution in [-0.4, -0.2) is 38.1 Å². The van der Waals surface area contributed by atoms with Crippen molar-refractivity contribution in [3.63, 3.8) is 0 Å². The van der Waals surface area contributed by atoms with Crippen LogP contribution in [-0.2, 0) is 17.7 Å². The van der Waals surface area contributed by atoms with Gasteiger partial charge in [0, 0.05) is 35.2 Å². The molecule has 0 atom stereocenters. The van der Waals surface area contributed by atoms with Crippen molar-refractivity contribution in [3.8, 4) is 11.4 Å². The topological polar surface area (TPSA) is 80.2 Å². The van der Waals surface area contributed by atoms with Gasteiger partial charge in [-0.2, -0.15) is 0 Å². The molecule has 9 heteroatoms. The SMILES string of the molecule is Cc1cnccc1Nc1nc(-c2cc(Cl)ccc2F)nc2c1CCN(C(=O)OC(C)(C)C)C2. The van der Waals surface area contributed by atoms with Gasteiger partial charge in [-0.25, -0.2) is 19.2 Å². The molecule has 0 unspecified atom stereocenters. The van der Waals surface area contributed by atoms with E-state index in [1.165, 1.54) is 18.2 Å². The van der Waals surface area contributed by atoms with Crippen molar-refractivity contribution in [2.75, 3.05) is 11.9 Å². The second-order valence-corrected chi connectivity index (χ2v) is 9.35. The lowest BCUT2D eigenvalue weighted by atomic mass is 10.0. The number of hydrogen-bond donors (Lipinski definition) is 1. The van der Waals surface area contributed by atoms with Gasteiger partial charge in [0.25, 0.3) is 0 Å². The van der Waals surface area contributed by atoms with Crippen molar-refractivity contribution in [1.29, 1.82) is 0 Å². The number of halogens is 2. The first kappa shape index (κ1) is 22.9. The van der Waals surface area contributed by atoms with Crippen LogP contribution in [0.15, 0.2) is 36.7 Å². The number of nitrogens with zero attached hydrogens (tertiary/aromatic N) is 4. The molecule has 2 aromatic heterocycles. The van der Waals surface area contributed by atoms with Crippen LogP contribution in [0, 0.1) is 12.7 Å². The van der Waals surface area contributed by atoms with Crippen molar-refractivity contribution < 1.29 is 13.9 Å². The van der Waals surface area contributed by atoms with Crippen LogP contribution in [0.2, 0.25) is 5.02 Å². The molecule has 0 bridgehead atoms. The Labute approximate surface area is 197 Å². The number of anilines is 2. The molecule has 33 heavy (non-hydrogen) atoms. The van der Waals surface area contributed by atoms with Gasteiger partial charge in [0.15, 0.2) is 5.82 Å². The number of benzene rings is 1. The highest BCUT2D eigenvalue weighted by Gasteiger charge is 2.29. The van der Waals surface area contributed by atoms with Gasteiger partial charge in [0.05, 0.1) is 17.8 Å². The summed E-state index contributed by atoms with van der Waals surface area (Å²) in [4.78, 5) is 27.7. The molecule has 0 saturated heterocycles. The fourth-order valence-electron chi connectivity index (χ4n) is 3.55. The first-order valence-corrected chi connectivity index (χ1v) is 11.0. The molecule has 1 aliphatic heterocycles. The van der Waals surface area contributed by atoms with Crippen molar-refractivity contribution in [1.82, 2.24) is 19.9 Å². The predicted molar refractivity (Wildman–Crippen MR) is 125 cm³/mol. The number of rotatable bonds is 3. The van der Waals surface area contributed by atoms with Gasteiger partial charge in [-0.3, -0.25) is 4.98 Å². The smallest absolute Gasteiger partial charge is 0.410 e. The average Bonchev–Trinajstić information content (AvgIpc) is 2.75. The highest BCUT2D eigenvalue weighted by Crippen LogP contribution is 2.32. The van der Waals surface area contributed by atoms with E-state index in [0.29, 0.717) is 29.5 Å². The van der Waals surface area contributed by atoms with E-state index in [4.69, 9.17) is 16.3 Å². The highest BCUT2D eigenvalue weighted by atomic mass is 35.5. The minimum absolute atomic E-state index is 0.189. The third kappa shape index (κ3) is 5.22. The van der Waals surface area contributed by atoms with Crippen LogP contribution in [0.25, 0.3) is 11.4 Å². The highest BCUT2D eigenvalue weighted by molar-refractivity contribution is 6.30. The number of carbonyl (C=O) groups excluding carboxylic acids is 1. The minimum Gasteiger partial charge on any atom is -0.444 e. The molecule has 172 valence electrons. The zero-order chi connectivity index (χ0) is 23.8. The summed E-state index contributed by atoms with van der Waals surface area (Å²) in [6.45, 7) is 8.09. The summed E-state index contributed by atoms with van der Waals surface area (Å²) in [7, 11) is 0. The first-order valence-electron chi connectivity index (χ1n) is 10.6. The van der Waals surface area contributed by atoms with E-state index in [9.17, 15) is 9.18 Å². The maximum absolute atomic E-state index is 14.6. The summed E-state index contributed by atoms with van der Waals surface area (Å²) in [5, 5.41) is 3.72. The number of nitrogens with one attached hydrogen (secondary N) is 1. The normalized spacial score (nSPS) is 13.5. The van der Waals surface area contributed by atoms with E-state index in [-0.39, 0.29) is 17.9 Å². The lowest BCUT2D eigenvalue weighted by molar-refractivity contribution is 0.0221. The lowest BCUT2D eigenvalue weighted by Crippen LogP contribution is -2.40. The largest absolute Gasteiger partial charge is 0.444 e. The summed E-state index contributed by atoms with van der Waals surface area (Å²) in [6.07, 6.45) is 3.55. The fraction of sp³-hybridized carbons (Fsp3) is 0.333. The molecule has 0 saturated carbocycles. The lowest BCUT2D eigenvalue weighted by Gasteiger charge is -2.31. The van der Waals surface area contributed by atoms with Crippen molar-refractivity contribution in [2.24, 2.45) is 0 Å². The van der Waals surface area contributed by atoms with E-state index < -0.39 is 17.5 Å². The van der Waals surface area contributed by atoms with Crippen molar-refractivity contribution in [3.05, 3.63) is 64.3 Å².